The molecule has 1 aromatic heterocycles. The van der Waals surface area contributed by atoms with Gasteiger partial charge < -0.3 is 5.73 Å². The molecule has 13 heavy (non-hydrogen) atoms. The van der Waals surface area contributed by atoms with Crippen molar-refractivity contribution in [1.29, 1.82) is 0 Å². The van der Waals surface area contributed by atoms with Gasteiger partial charge in [-0.05, 0) is 24.5 Å². The Morgan fingerprint density at radius 1 is 1.54 bits per heavy atom. The molecule has 2 N–H and O–H groups in total. The summed E-state index contributed by atoms with van der Waals surface area (Å²) >= 11 is 0. The van der Waals surface area contributed by atoms with Crippen LogP contribution in [-0.4, -0.2) is 10.9 Å². The molecule has 0 radical (unpaired) electrons. The Morgan fingerprint density at radius 2 is 2.15 bits per heavy atom. The summed E-state index contributed by atoms with van der Waals surface area (Å²) in [5.74, 6) is -0.0986. The molecule has 0 aliphatic carbocycles. The number of aryl methyl sites for hydroxylation is 1. The Bertz CT molecular complexity index is 332. The summed E-state index contributed by atoms with van der Waals surface area (Å²) in [5, 5.41) is 0. The number of nitrogens with two attached hydrogens (primary N) is 1. The van der Waals surface area contributed by atoms with E-state index in [1.165, 1.54) is 0 Å². The second-order valence-electron chi connectivity index (χ2n) is 3.38. The van der Waals surface area contributed by atoms with Gasteiger partial charge in [0.15, 0.2) is 0 Å². The van der Waals surface area contributed by atoms with Crippen LogP contribution in [0.1, 0.15) is 41.4 Å². The summed E-state index contributed by atoms with van der Waals surface area (Å²) in [7, 11) is 0. The average molecular weight is 178 g/mol. The Kier molecular flexibility index (Phi) is 2.66. The van der Waals surface area contributed by atoms with Gasteiger partial charge in [-0.1, -0.05) is 13.8 Å². The van der Waals surface area contributed by atoms with Crippen LogP contribution >= 0.6 is 0 Å². The number of nitrogens with zero attached hydrogens (tertiary/aromatic N) is 1. The van der Waals surface area contributed by atoms with Gasteiger partial charge in [0.05, 0.1) is 11.3 Å². The molecule has 0 atom stereocenters. The van der Waals surface area contributed by atoms with E-state index in [9.17, 15) is 4.79 Å². The number of rotatable bonds is 2. The zero-order valence-corrected chi connectivity index (χ0v) is 8.16. The average Bonchev–Trinajstić information content (AvgIpc) is 2.02. The molecule has 3 heteroatoms. The van der Waals surface area contributed by atoms with Crippen molar-refractivity contribution in [2.45, 2.75) is 26.7 Å². The summed E-state index contributed by atoms with van der Waals surface area (Å²) in [6.07, 6.45) is 1.71. The van der Waals surface area contributed by atoms with Crippen molar-refractivity contribution in [2.24, 2.45) is 5.73 Å². The SMILES string of the molecule is Cc1nccc(C(C)C)c1C(N)=O. The van der Waals surface area contributed by atoms with Crippen LogP contribution in [0.5, 0.6) is 0 Å². The van der Waals surface area contributed by atoms with Crippen LogP contribution < -0.4 is 5.73 Å². The largest absolute Gasteiger partial charge is 0.366 e. The first kappa shape index (κ1) is 9.71. The smallest absolute Gasteiger partial charge is 0.250 e. The Morgan fingerprint density at radius 3 is 2.54 bits per heavy atom. The number of pyridine rings is 1. The third kappa shape index (κ3) is 1.86. The molecule has 70 valence electrons. The molecule has 0 unspecified atom stereocenters. The van der Waals surface area contributed by atoms with Gasteiger partial charge in [-0.3, -0.25) is 9.78 Å². The Balaban J connectivity index is 3.34. The van der Waals surface area contributed by atoms with Crippen molar-refractivity contribution < 1.29 is 4.79 Å². The van der Waals surface area contributed by atoms with E-state index in [1.807, 2.05) is 19.9 Å². The summed E-state index contributed by atoms with van der Waals surface area (Å²) in [4.78, 5) is 15.2. The molecule has 3 nitrogen and oxygen atoms in total. The number of carbonyl (C=O) groups is 1. The number of amides is 1. The molecule has 1 heterocycles. The lowest BCUT2D eigenvalue weighted by Crippen LogP contribution is -2.16. The van der Waals surface area contributed by atoms with E-state index in [1.54, 1.807) is 13.1 Å². The molecule has 0 spiro atoms. The maximum Gasteiger partial charge on any atom is 0.250 e. The first-order chi connectivity index (χ1) is 6.04. The van der Waals surface area contributed by atoms with E-state index >= 15 is 0 Å². The first-order valence-corrected chi connectivity index (χ1v) is 4.29. The van der Waals surface area contributed by atoms with Gasteiger partial charge in [-0.15, -0.1) is 0 Å². The molecule has 0 bridgehead atoms. The lowest BCUT2D eigenvalue weighted by Gasteiger charge is -2.11. The zero-order chi connectivity index (χ0) is 10.0. The van der Waals surface area contributed by atoms with Crippen molar-refractivity contribution in [3.8, 4) is 0 Å². The highest BCUT2D eigenvalue weighted by Gasteiger charge is 2.13. The zero-order valence-electron chi connectivity index (χ0n) is 8.16. The Hall–Kier alpha value is -1.38. The van der Waals surface area contributed by atoms with Gasteiger partial charge in [0.2, 0.25) is 0 Å². The summed E-state index contributed by atoms with van der Waals surface area (Å²) in [6.45, 7) is 5.86. The highest BCUT2D eigenvalue weighted by Crippen LogP contribution is 2.20. The Labute approximate surface area is 78.0 Å². The van der Waals surface area contributed by atoms with Crippen LogP contribution in [0.25, 0.3) is 0 Å². The molecule has 1 aromatic rings. The summed E-state index contributed by atoms with van der Waals surface area (Å²) in [6, 6.07) is 1.84. The molecular weight excluding hydrogens is 164 g/mol. The summed E-state index contributed by atoms with van der Waals surface area (Å²) < 4.78 is 0. The second kappa shape index (κ2) is 3.56. The van der Waals surface area contributed by atoms with E-state index in [4.69, 9.17) is 5.73 Å². The quantitative estimate of drug-likeness (QED) is 0.748. The molecular formula is C10H14N2O. The minimum Gasteiger partial charge on any atom is -0.366 e. The maximum absolute atomic E-state index is 11.1. The fourth-order valence-corrected chi connectivity index (χ4v) is 1.39. The minimum absolute atomic E-state index is 0.296. The lowest BCUT2D eigenvalue weighted by molar-refractivity contribution is 0.0998. The topological polar surface area (TPSA) is 56.0 Å². The number of hydrogen-bond donors (Lipinski definition) is 1. The summed E-state index contributed by atoms with van der Waals surface area (Å²) in [5.41, 5.74) is 7.52. The molecule has 0 saturated heterocycles. The van der Waals surface area contributed by atoms with Gasteiger partial charge in [0.25, 0.3) is 5.91 Å². The van der Waals surface area contributed by atoms with Crippen LogP contribution in [0.4, 0.5) is 0 Å². The van der Waals surface area contributed by atoms with Crippen LogP contribution in [0.15, 0.2) is 12.3 Å². The van der Waals surface area contributed by atoms with Crippen LogP contribution in [-0.2, 0) is 0 Å². The maximum atomic E-state index is 11.1. The van der Waals surface area contributed by atoms with E-state index in [-0.39, 0.29) is 0 Å². The fourth-order valence-electron chi connectivity index (χ4n) is 1.39. The molecule has 1 amide bonds. The normalized spacial score (nSPS) is 10.5. The van der Waals surface area contributed by atoms with Crippen LogP contribution in [0.2, 0.25) is 0 Å². The van der Waals surface area contributed by atoms with E-state index in [0.717, 1.165) is 5.56 Å². The van der Waals surface area contributed by atoms with Crippen LogP contribution in [0, 0.1) is 6.92 Å². The first-order valence-electron chi connectivity index (χ1n) is 4.29. The standard InChI is InChI=1S/C10H14N2O/c1-6(2)8-4-5-12-7(3)9(8)10(11)13/h4-6H,1-3H3,(H2,11,13). The number of hydrogen-bond acceptors (Lipinski definition) is 2. The van der Waals surface area contributed by atoms with Gasteiger partial charge in [0, 0.05) is 6.20 Å². The number of carbonyl (C=O) groups excluding carboxylic acids is 1. The highest BCUT2D eigenvalue weighted by molar-refractivity contribution is 5.95. The fraction of sp³-hybridized carbons (Fsp3) is 0.400. The van der Waals surface area contributed by atoms with E-state index in [0.29, 0.717) is 17.2 Å². The molecule has 0 fully saturated rings. The van der Waals surface area contributed by atoms with Crippen molar-refractivity contribution >= 4 is 5.91 Å². The third-order valence-electron chi connectivity index (χ3n) is 2.04. The molecule has 0 aliphatic heterocycles. The molecule has 0 saturated carbocycles. The second-order valence-corrected chi connectivity index (χ2v) is 3.38. The van der Waals surface area contributed by atoms with Crippen LogP contribution in [0.3, 0.4) is 0 Å². The van der Waals surface area contributed by atoms with E-state index in [2.05, 4.69) is 4.98 Å². The third-order valence-corrected chi connectivity index (χ3v) is 2.04. The van der Waals surface area contributed by atoms with Crippen molar-refractivity contribution in [3.63, 3.8) is 0 Å². The van der Waals surface area contributed by atoms with Crippen molar-refractivity contribution in [1.82, 2.24) is 4.98 Å². The van der Waals surface area contributed by atoms with Crippen molar-refractivity contribution in [3.05, 3.63) is 29.1 Å². The highest BCUT2D eigenvalue weighted by atomic mass is 16.1. The minimum atomic E-state index is -0.394. The van der Waals surface area contributed by atoms with E-state index < -0.39 is 5.91 Å². The van der Waals surface area contributed by atoms with Gasteiger partial charge in [0.1, 0.15) is 0 Å². The number of aromatic nitrogens is 1. The van der Waals surface area contributed by atoms with Gasteiger partial charge >= 0.3 is 0 Å². The lowest BCUT2D eigenvalue weighted by atomic mass is 9.97. The molecule has 0 aliphatic rings. The molecule has 1 rings (SSSR count). The predicted molar refractivity (Wildman–Crippen MR) is 51.6 cm³/mol. The van der Waals surface area contributed by atoms with Gasteiger partial charge in [-0.25, -0.2) is 0 Å². The number of primary amides is 1. The van der Waals surface area contributed by atoms with Crippen molar-refractivity contribution in [2.75, 3.05) is 0 Å². The van der Waals surface area contributed by atoms with Gasteiger partial charge in [-0.2, -0.15) is 0 Å². The molecule has 0 aromatic carbocycles. The predicted octanol–water partition coefficient (Wildman–Crippen LogP) is 1.61. The monoisotopic (exact) mass is 178 g/mol.